The molecule has 0 aliphatic rings. The van der Waals surface area contributed by atoms with Crippen LogP contribution in [0.15, 0.2) is 47.3 Å². The van der Waals surface area contributed by atoms with Crippen molar-refractivity contribution >= 4 is 28.6 Å². The quantitative estimate of drug-likeness (QED) is 0.787. The summed E-state index contributed by atoms with van der Waals surface area (Å²) in [4.78, 5) is 21.7. The molecule has 1 amide bonds. The second-order valence-corrected chi connectivity index (χ2v) is 6.20. The zero-order valence-corrected chi connectivity index (χ0v) is 12.8. The molecule has 0 unspecified atom stereocenters. The first-order valence-corrected chi connectivity index (χ1v) is 8.22. The van der Waals surface area contributed by atoms with E-state index in [-0.39, 0.29) is 5.91 Å². The summed E-state index contributed by atoms with van der Waals surface area (Å²) < 4.78 is 0. The smallest absolute Gasteiger partial charge is 0.226 e. The van der Waals surface area contributed by atoms with Crippen LogP contribution < -0.4 is 5.32 Å². The number of thiophene rings is 1. The Balaban J connectivity index is 1.55. The summed E-state index contributed by atoms with van der Waals surface area (Å²) in [5.41, 5.74) is 1.66. The number of thiazole rings is 1. The number of pyridine rings is 1. The molecule has 0 saturated carbocycles. The predicted octanol–water partition coefficient (Wildman–Crippen LogP) is 3.13. The number of carbonyl (C=O) groups is 1. The number of aromatic nitrogens is 2. The lowest BCUT2D eigenvalue weighted by Gasteiger charge is -2.03. The van der Waals surface area contributed by atoms with Crippen molar-refractivity contribution in [1.29, 1.82) is 0 Å². The van der Waals surface area contributed by atoms with Crippen molar-refractivity contribution in [2.45, 2.75) is 13.0 Å². The molecule has 6 heteroatoms. The second kappa shape index (κ2) is 6.60. The maximum absolute atomic E-state index is 11.9. The highest BCUT2D eigenvalue weighted by atomic mass is 32.1. The van der Waals surface area contributed by atoms with E-state index in [1.807, 2.05) is 41.1 Å². The van der Waals surface area contributed by atoms with E-state index >= 15 is 0 Å². The Morgan fingerprint density at radius 3 is 2.86 bits per heavy atom. The molecule has 1 N–H and O–H groups in total. The molecule has 0 aliphatic carbocycles. The van der Waals surface area contributed by atoms with Crippen LogP contribution in [-0.2, 0) is 17.8 Å². The normalized spacial score (nSPS) is 10.5. The standard InChI is InChI=1S/C15H13N3OS2/c19-14(17-9-11-4-1-2-6-16-11)8-12-10-21-15(18-12)13-5-3-7-20-13/h1-7,10H,8-9H2,(H,17,19). The Labute approximate surface area is 130 Å². The van der Waals surface area contributed by atoms with Crippen LogP contribution in [0.2, 0.25) is 0 Å². The van der Waals surface area contributed by atoms with Crippen molar-refractivity contribution in [1.82, 2.24) is 15.3 Å². The van der Waals surface area contributed by atoms with Gasteiger partial charge < -0.3 is 5.32 Å². The number of amides is 1. The zero-order chi connectivity index (χ0) is 14.5. The topological polar surface area (TPSA) is 54.9 Å². The largest absolute Gasteiger partial charge is 0.350 e. The van der Waals surface area contributed by atoms with Gasteiger partial charge in [0.05, 0.1) is 29.2 Å². The van der Waals surface area contributed by atoms with Gasteiger partial charge in [-0.3, -0.25) is 9.78 Å². The SMILES string of the molecule is O=C(Cc1csc(-c2cccs2)n1)NCc1ccccn1. The molecular weight excluding hydrogens is 302 g/mol. The lowest BCUT2D eigenvalue weighted by molar-refractivity contribution is -0.120. The van der Waals surface area contributed by atoms with Crippen LogP contribution in [0, 0.1) is 0 Å². The van der Waals surface area contributed by atoms with Crippen LogP contribution in [0.25, 0.3) is 9.88 Å². The summed E-state index contributed by atoms with van der Waals surface area (Å²) in [7, 11) is 0. The molecule has 0 bridgehead atoms. The average Bonchev–Trinajstić information content (AvgIpc) is 3.17. The molecule has 0 radical (unpaired) electrons. The van der Waals surface area contributed by atoms with E-state index < -0.39 is 0 Å². The van der Waals surface area contributed by atoms with E-state index in [0.29, 0.717) is 13.0 Å². The van der Waals surface area contributed by atoms with Crippen LogP contribution >= 0.6 is 22.7 Å². The minimum atomic E-state index is -0.0383. The highest BCUT2D eigenvalue weighted by Crippen LogP contribution is 2.27. The highest BCUT2D eigenvalue weighted by molar-refractivity contribution is 7.20. The van der Waals surface area contributed by atoms with Crippen molar-refractivity contribution in [3.63, 3.8) is 0 Å². The zero-order valence-electron chi connectivity index (χ0n) is 11.2. The van der Waals surface area contributed by atoms with Gasteiger partial charge in [-0.2, -0.15) is 0 Å². The molecule has 3 aromatic rings. The molecule has 0 saturated heterocycles. The summed E-state index contributed by atoms with van der Waals surface area (Å²) in [6.45, 7) is 0.446. The van der Waals surface area contributed by atoms with Gasteiger partial charge in [0.15, 0.2) is 0 Å². The fraction of sp³-hybridized carbons (Fsp3) is 0.133. The fourth-order valence-electron chi connectivity index (χ4n) is 1.82. The predicted molar refractivity (Wildman–Crippen MR) is 85.2 cm³/mol. The molecule has 0 aromatic carbocycles. The minimum absolute atomic E-state index is 0.0383. The van der Waals surface area contributed by atoms with Gasteiger partial charge in [0.25, 0.3) is 0 Å². The first-order valence-electron chi connectivity index (χ1n) is 6.46. The van der Waals surface area contributed by atoms with Crippen LogP contribution in [0.5, 0.6) is 0 Å². The molecule has 4 nitrogen and oxygen atoms in total. The Morgan fingerprint density at radius 1 is 1.14 bits per heavy atom. The van der Waals surface area contributed by atoms with E-state index in [2.05, 4.69) is 15.3 Å². The Kier molecular flexibility index (Phi) is 4.37. The van der Waals surface area contributed by atoms with E-state index in [4.69, 9.17) is 0 Å². The molecule has 3 rings (SSSR count). The number of hydrogen-bond acceptors (Lipinski definition) is 5. The third kappa shape index (κ3) is 3.74. The van der Waals surface area contributed by atoms with Crippen molar-refractivity contribution in [2.75, 3.05) is 0 Å². The number of hydrogen-bond donors (Lipinski definition) is 1. The maximum atomic E-state index is 11.9. The van der Waals surface area contributed by atoms with Gasteiger partial charge in [-0.15, -0.1) is 22.7 Å². The van der Waals surface area contributed by atoms with Crippen LogP contribution in [0.1, 0.15) is 11.4 Å². The van der Waals surface area contributed by atoms with Gasteiger partial charge in [-0.1, -0.05) is 12.1 Å². The first kappa shape index (κ1) is 13.9. The molecule has 21 heavy (non-hydrogen) atoms. The average molecular weight is 315 g/mol. The number of nitrogens with one attached hydrogen (secondary N) is 1. The van der Waals surface area contributed by atoms with Gasteiger partial charge in [-0.25, -0.2) is 4.98 Å². The minimum Gasteiger partial charge on any atom is -0.350 e. The van der Waals surface area contributed by atoms with Crippen LogP contribution in [0.3, 0.4) is 0 Å². The Morgan fingerprint density at radius 2 is 2.10 bits per heavy atom. The van der Waals surface area contributed by atoms with Crippen molar-refractivity contribution < 1.29 is 4.79 Å². The van der Waals surface area contributed by atoms with Crippen LogP contribution in [-0.4, -0.2) is 15.9 Å². The molecule has 0 aliphatic heterocycles. The summed E-state index contributed by atoms with van der Waals surface area (Å²) in [5.74, 6) is -0.0383. The van der Waals surface area contributed by atoms with Crippen molar-refractivity contribution in [2.24, 2.45) is 0 Å². The number of rotatable bonds is 5. The lowest BCUT2D eigenvalue weighted by atomic mass is 10.3. The van der Waals surface area contributed by atoms with Gasteiger partial charge in [-0.05, 0) is 23.6 Å². The van der Waals surface area contributed by atoms with E-state index in [9.17, 15) is 4.79 Å². The number of carbonyl (C=O) groups excluding carboxylic acids is 1. The molecule has 106 valence electrons. The van der Waals surface area contributed by atoms with E-state index in [1.165, 1.54) is 0 Å². The Bertz CT molecular complexity index is 708. The van der Waals surface area contributed by atoms with Gasteiger partial charge in [0, 0.05) is 11.6 Å². The summed E-state index contributed by atoms with van der Waals surface area (Å²) >= 11 is 3.23. The molecule has 0 spiro atoms. The fourth-order valence-corrected chi connectivity index (χ4v) is 3.45. The maximum Gasteiger partial charge on any atom is 0.226 e. The van der Waals surface area contributed by atoms with Gasteiger partial charge in [0.1, 0.15) is 5.01 Å². The van der Waals surface area contributed by atoms with E-state index in [0.717, 1.165) is 21.3 Å². The Hall–Kier alpha value is -2.05. The first-order chi connectivity index (χ1) is 10.3. The van der Waals surface area contributed by atoms with Crippen molar-refractivity contribution in [3.05, 3.63) is 58.7 Å². The highest BCUT2D eigenvalue weighted by Gasteiger charge is 2.09. The molecule has 3 heterocycles. The summed E-state index contributed by atoms with van der Waals surface area (Å²) in [6.07, 6.45) is 2.02. The molecule has 3 aromatic heterocycles. The number of nitrogens with zero attached hydrogens (tertiary/aromatic N) is 2. The molecule has 0 atom stereocenters. The summed E-state index contributed by atoms with van der Waals surface area (Å²) in [5, 5.41) is 7.79. The monoisotopic (exact) mass is 315 g/mol. The van der Waals surface area contributed by atoms with Gasteiger partial charge in [0.2, 0.25) is 5.91 Å². The van der Waals surface area contributed by atoms with Crippen molar-refractivity contribution in [3.8, 4) is 9.88 Å². The third-order valence-corrected chi connectivity index (χ3v) is 4.75. The third-order valence-electron chi connectivity index (χ3n) is 2.82. The summed E-state index contributed by atoms with van der Waals surface area (Å²) in [6, 6.07) is 9.68. The van der Waals surface area contributed by atoms with Gasteiger partial charge >= 0.3 is 0 Å². The van der Waals surface area contributed by atoms with E-state index in [1.54, 1.807) is 28.9 Å². The lowest BCUT2D eigenvalue weighted by Crippen LogP contribution is -2.25. The molecule has 0 fully saturated rings. The van der Waals surface area contributed by atoms with Crippen LogP contribution in [0.4, 0.5) is 0 Å². The second-order valence-electron chi connectivity index (χ2n) is 4.40. The molecular formula is C15H13N3OS2.